The van der Waals surface area contributed by atoms with Gasteiger partial charge < -0.3 is 19.6 Å². The number of carbonyl (C=O) groups is 2. The van der Waals surface area contributed by atoms with Crippen LogP contribution < -0.4 is 5.32 Å². The number of fused-ring (bicyclic) bond motifs is 1. The highest BCUT2D eigenvalue weighted by molar-refractivity contribution is 5.98. The molecule has 1 aliphatic heterocycles. The van der Waals surface area contributed by atoms with Gasteiger partial charge in [-0.1, -0.05) is 18.2 Å². The van der Waals surface area contributed by atoms with Crippen LogP contribution in [-0.2, 0) is 4.79 Å². The summed E-state index contributed by atoms with van der Waals surface area (Å²) in [5.41, 5.74) is 1.50. The quantitative estimate of drug-likeness (QED) is 0.762. The standard InChI is InChI=1S/C20H21N3O3/c1-12-7-8-19(26-12)15-10-23(11-18(15)21-13(2)24)20(25)17-9-14-5-3-4-6-16(14)22-17/h3-9,15,18,22H,10-11H2,1-2H3,(H,21,24)/t15-,18-/m1/s1. The molecule has 0 spiro atoms. The highest BCUT2D eigenvalue weighted by Gasteiger charge is 2.39. The van der Waals surface area contributed by atoms with Crippen molar-refractivity contribution in [1.82, 2.24) is 15.2 Å². The van der Waals surface area contributed by atoms with Crippen LogP contribution in [0, 0.1) is 6.92 Å². The fourth-order valence-electron chi connectivity index (χ4n) is 3.68. The van der Waals surface area contributed by atoms with Gasteiger partial charge >= 0.3 is 0 Å². The van der Waals surface area contributed by atoms with Gasteiger partial charge in [0.1, 0.15) is 17.2 Å². The molecule has 26 heavy (non-hydrogen) atoms. The molecule has 2 atom stereocenters. The van der Waals surface area contributed by atoms with E-state index in [9.17, 15) is 9.59 Å². The molecule has 0 radical (unpaired) electrons. The van der Waals surface area contributed by atoms with Gasteiger partial charge in [0.2, 0.25) is 5.91 Å². The Bertz CT molecular complexity index is 939. The van der Waals surface area contributed by atoms with Gasteiger partial charge in [-0.05, 0) is 31.2 Å². The van der Waals surface area contributed by atoms with Gasteiger partial charge in [-0.3, -0.25) is 9.59 Å². The van der Waals surface area contributed by atoms with Gasteiger partial charge in [-0.15, -0.1) is 0 Å². The smallest absolute Gasteiger partial charge is 0.270 e. The molecular formula is C20H21N3O3. The molecule has 2 aromatic heterocycles. The Kier molecular flexibility index (Phi) is 4.03. The zero-order valence-corrected chi connectivity index (χ0v) is 14.8. The zero-order chi connectivity index (χ0) is 18.3. The van der Waals surface area contributed by atoms with E-state index in [-0.39, 0.29) is 23.8 Å². The van der Waals surface area contributed by atoms with Crippen molar-refractivity contribution in [2.45, 2.75) is 25.8 Å². The number of furan rings is 1. The number of nitrogens with zero attached hydrogens (tertiary/aromatic N) is 1. The molecule has 2 amide bonds. The second kappa shape index (κ2) is 6.37. The van der Waals surface area contributed by atoms with E-state index in [0.29, 0.717) is 18.8 Å². The Hall–Kier alpha value is -3.02. The lowest BCUT2D eigenvalue weighted by Crippen LogP contribution is -2.39. The fourth-order valence-corrected chi connectivity index (χ4v) is 3.68. The van der Waals surface area contributed by atoms with Crippen molar-refractivity contribution in [2.75, 3.05) is 13.1 Å². The van der Waals surface area contributed by atoms with E-state index in [2.05, 4.69) is 10.3 Å². The lowest BCUT2D eigenvalue weighted by molar-refractivity contribution is -0.119. The third kappa shape index (κ3) is 2.98. The van der Waals surface area contributed by atoms with Crippen LogP contribution >= 0.6 is 0 Å². The summed E-state index contributed by atoms with van der Waals surface area (Å²) in [6.07, 6.45) is 0. The molecule has 1 aromatic carbocycles. The summed E-state index contributed by atoms with van der Waals surface area (Å²) in [6, 6.07) is 13.3. The number of H-pyrrole nitrogens is 1. The molecule has 134 valence electrons. The van der Waals surface area contributed by atoms with Crippen LogP contribution in [0.5, 0.6) is 0 Å². The molecule has 0 unspecified atom stereocenters. The van der Waals surface area contributed by atoms with Crippen LogP contribution in [0.2, 0.25) is 0 Å². The van der Waals surface area contributed by atoms with Crippen molar-refractivity contribution in [1.29, 1.82) is 0 Å². The van der Waals surface area contributed by atoms with Gasteiger partial charge in [0.05, 0.1) is 12.0 Å². The summed E-state index contributed by atoms with van der Waals surface area (Å²) in [4.78, 5) is 29.5. The second-order valence-corrected chi connectivity index (χ2v) is 6.84. The predicted octanol–water partition coefficient (Wildman–Crippen LogP) is 2.81. The summed E-state index contributed by atoms with van der Waals surface area (Å²) in [6.45, 7) is 4.34. The molecular weight excluding hydrogens is 330 g/mol. The third-order valence-corrected chi connectivity index (χ3v) is 4.88. The SMILES string of the molecule is CC(=O)N[C@@H]1CN(C(=O)c2cc3ccccc3[nH]2)C[C@H]1c1ccc(C)o1. The summed E-state index contributed by atoms with van der Waals surface area (Å²) in [5, 5.41) is 3.97. The normalized spacial score (nSPS) is 19.8. The monoisotopic (exact) mass is 351 g/mol. The van der Waals surface area contributed by atoms with Crippen LogP contribution in [0.15, 0.2) is 46.9 Å². The lowest BCUT2D eigenvalue weighted by Gasteiger charge is -2.16. The largest absolute Gasteiger partial charge is 0.466 e. The second-order valence-electron chi connectivity index (χ2n) is 6.84. The molecule has 6 heteroatoms. The van der Waals surface area contributed by atoms with Crippen molar-refractivity contribution in [3.8, 4) is 0 Å². The Morgan fingerprint density at radius 2 is 2.00 bits per heavy atom. The fraction of sp³-hybridized carbons (Fsp3) is 0.300. The van der Waals surface area contributed by atoms with E-state index in [4.69, 9.17) is 4.42 Å². The molecule has 1 aliphatic rings. The van der Waals surface area contributed by atoms with Crippen molar-refractivity contribution in [2.24, 2.45) is 0 Å². The first-order valence-electron chi connectivity index (χ1n) is 8.72. The van der Waals surface area contributed by atoms with E-state index >= 15 is 0 Å². The number of benzene rings is 1. The first-order valence-corrected chi connectivity index (χ1v) is 8.72. The van der Waals surface area contributed by atoms with Crippen LogP contribution in [0.4, 0.5) is 0 Å². The molecule has 2 N–H and O–H groups in total. The van der Waals surface area contributed by atoms with Gasteiger partial charge in [0, 0.05) is 30.9 Å². The minimum atomic E-state index is -0.161. The molecule has 0 saturated carbocycles. The van der Waals surface area contributed by atoms with Crippen molar-refractivity contribution >= 4 is 22.7 Å². The summed E-state index contributed by atoms with van der Waals surface area (Å²) in [5.74, 6) is 1.39. The highest BCUT2D eigenvalue weighted by Crippen LogP contribution is 2.30. The third-order valence-electron chi connectivity index (χ3n) is 4.88. The van der Waals surface area contributed by atoms with E-state index in [0.717, 1.165) is 22.4 Å². The van der Waals surface area contributed by atoms with Crippen LogP contribution in [0.1, 0.15) is 34.9 Å². The number of carbonyl (C=O) groups excluding carboxylic acids is 2. The first-order chi connectivity index (χ1) is 12.5. The van der Waals surface area contributed by atoms with Gasteiger partial charge in [-0.2, -0.15) is 0 Å². The summed E-state index contributed by atoms with van der Waals surface area (Å²) < 4.78 is 5.76. The van der Waals surface area contributed by atoms with E-state index in [1.807, 2.05) is 49.4 Å². The number of amides is 2. The average Bonchev–Trinajstić information content (AvgIpc) is 3.31. The maximum absolute atomic E-state index is 13.0. The average molecular weight is 351 g/mol. The summed E-state index contributed by atoms with van der Waals surface area (Å²) in [7, 11) is 0. The number of aromatic amines is 1. The van der Waals surface area contributed by atoms with Crippen molar-refractivity contribution in [3.05, 3.63) is 59.7 Å². The van der Waals surface area contributed by atoms with Crippen molar-refractivity contribution in [3.63, 3.8) is 0 Å². The van der Waals surface area contributed by atoms with Crippen LogP contribution in [0.25, 0.3) is 10.9 Å². The van der Waals surface area contributed by atoms with E-state index < -0.39 is 0 Å². The van der Waals surface area contributed by atoms with Gasteiger partial charge in [0.15, 0.2) is 0 Å². The number of hydrogen-bond acceptors (Lipinski definition) is 3. The Labute approximate surface area is 151 Å². The Morgan fingerprint density at radius 1 is 1.19 bits per heavy atom. The molecule has 1 saturated heterocycles. The first kappa shape index (κ1) is 16.4. The Morgan fingerprint density at radius 3 is 2.69 bits per heavy atom. The maximum Gasteiger partial charge on any atom is 0.270 e. The number of aryl methyl sites for hydroxylation is 1. The molecule has 4 rings (SSSR count). The van der Waals surface area contributed by atoms with Gasteiger partial charge in [0.25, 0.3) is 5.91 Å². The molecule has 3 aromatic rings. The number of rotatable bonds is 3. The van der Waals surface area contributed by atoms with Crippen molar-refractivity contribution < 1.29 is 14.0 Å². The topological polar surface area (TPSA) is 78.3 Å². The number of para-hydroxylation sites is 1. The highest BCUT2D eigenvalue weighted by atomic mass is 16.3. The van der Waals surface area contributed by atoms with Crippen LogP contribution in [-0.4, -0.2) is 40.8 Å². The molecule has 0 aliphatic carbocycles. The van der Waals surface area contributed by atoms with Crippen LogP contribution in [0.3, 0.4) is 0 Å². The maximum atomic E-state index is 13.0. The zero-order valence-electron chi connectivity index (χ0n) is 14.8. The minimum Gasteiger partial charge on any atom is -0.466 e. The Balaban J connectivity index is 1.60. The molecule has 0 bridgehead atoms. The molecule has 3 heterocycles. The number of likely N-dealkylation sites (tertiary alicyclic amines) is 1. The number of nitrogens with one attached hydrogen (secondary N) is 2. The molecule has 1 fully saturated rings. The van der Waals surface area contributed by atoms with E-state index in [1.54, 1.807) is 4.90 Å². The number of aromatic nitrogens is 1. The minimum absolute atomic E-state index is 0.0547. The lowest BCUT2D eigenvalue weighted by atomic mass is 10.0. The van der Waals surface area contributed by atoms with E-state index in [1.165, 1.54) is 6.92 Å². The predicted molar refractivity (Wildman–Crippen MR) is 98.0 cm³/mol. The van der Waals surface area contributed by atoms with Gasteiger partial charge in [-0.25, -0.2) is 0 Å². The number of hydrogen-bond donors (Lipinski definition) is 2. The summed E-state index contributed by atoms with van der Waals surface area (Å²) >= 11 is 0. The molecule has 6 nitrogen and oxygen atoms in total.